The van der Waals surface area contributed by atoms with E-state index in [2.05, 4.69) is 27.0 Å². The van der Waals surface area contributed by atoms with Crippen LogP contribution in [-0.2, 0) is 4.74 Å². The standard InChI is InChI=1S/C18H25N5O/c19-12-1-2-16(20)14(9-12)15-10-13(23-5-7-24-8-6-23)11-17-18(15)22-4-3-21-17/h3-4,10-12,14,16H,1-2,5-9,19-20H2. The Labute approximate surface area is 142 Å². The molecule has 2 heterocycles. The number of nitrogens with two attached hydrogens (primary N) is 2. The van der Waals surface area contributed by atoms with Crippen LogP contribution in [-0.4, -0.2) is 48.4 Å². The minimum atomic E-state index is 0.134. The lowest BCUT2D eigenvalue weighted by Crippen LogP contribution is -2.40. The predicted molar refractivity (Wildman–Crippen MR) is 95.1 cm³/mol. The van der Waals surface area contributed by atoms with E-state index in [-0.39, 0.29) is 18.0 Å². The Hall–Kier alpha value is -1.76. The molecule has 1 aliphatic carbocycles. The third-order valence-electron chi connectivity index (χ3n) is 5.31. The third-order valence-corrected chi connectivity index (χ3v) is 5.31. The van der Waals surface area contributed by atoms with Crippen LogP contribution >= 0.6 is 0 Å². The van der Waals surface area contributed by atoms with Crippen LogP contribution in [0, 0.1) is 0 Å². The zero-order chi connectivity index (χ0) is 16.5. The molecule has 0 radical (unpaired) electrons. The van der Waals surface area contributed by atoms with E-state index in [1.165, 1.54) is 11.3 Å². The molecule has 4 N–H and O–H groups in total. The number of anilines is 1. The van der Waals surface area contributed by atoms with Gasteiger partial charge in [0.2, 0.25) is 0 Å². The molecule has 1 saturated carbocycles. The van der Waals surface area contributed by atoms with Crippen molar-refractivity contribution in [2.24, 2.45) is 11.5 Å². The fourth-order valence-corrected chi connectivity index (χ4v) is 3.96. The Bertz CT molecular complexity index is 716. The Morgan fingerprint density at radius 2 is 1.83 bits per heavy atom. The highest BCUT2D eigenvalue weighted by Crippen LogP contribution is 2.37. The van der Waals surface area contributed by atoms with E-state index in [4.69, 9.17) is 16.2 Å². The van der Waals surface area contributed by atoms with Crippen molar-refractivity contribution in [2.75, 3.05) is 31.2 Å². The molecular formula is C18H25N5O. The molecule has 1 aromatic heterocycles. The summed E-state index contributed by atoms with van der Waals surface area (Å²) in [7, 11) is 0. The molecular weight excluding hydrogens is 302 g/mol. The SMILES string of the molecule is NC1CCC(N)C(c2cc(N3CCOCC3)cc3nccnc23)C1. The van der Waals surface area contributed by atoms with Gasteiger partial charge in [-0.05, 0) is 37.0 Å². The molecule has 6 heteroatoms. The van der Waals surface area contributed by atoms with Gasteiger partial charge in [-0.25, -0.2) is 0 Å². The monoisotopic (exact) mass is 327 g/mol. The van der Waals surface area contributed by atoms with E-state index >= 15 is 0 Å². The van der Waals surface area contributed by atoms with Gasteiger partial charge in [-0.15, -0.1) is 0 Å². The number of aromatic nitrogens is 2. The smallest absolute Gasteiger partial charge is 0.0923 e. The van der Waals surface area contributed by atoms with Gasteiger partial charge in [-0.2, -0.15) is 0 Å². The zero-order valence-electron chi connectivity index (χ0n) is 13.9. The Morgan fingerprint density at radius 1 is 1.04 bits per heavy atom. The van der Waals surface area contributed by atoms with Crippen molar-refractivity contribution in [3.63, 3.8) is 0 Å². The molecule has 0 amide bonds. The predicted octanol–water partition coefficient (Wildman–Crippen LogP) is 1.39. The second-order valence-electron chi connectivity index (χ2n) is 6.90. The highest BCUT2D eigenvalue weighted by molar-refractivity contribution is 5.83. The summed E-state index contributed by atoms with van der Waals surface area (Å²) in [5.41, 5.74) is 17.0. The summed E-state index contributed by atoms with van der Waals surface area (Å²) in [6.45, 7) is 3.34. The van der Waals surface area contributed by atoms with Crippen molar-refractivity contribution in [3.8, 4) is 0 Å². The van der Waals surface area contributed by atoms with E-state index in [0.29, 0.717) is 0 Å². The van der Waals surface area contributed by atoms with Gasteiger partial charge in [0.05, 0.1) is 24.2 Å². The first-order valence-electron chi connectivity index (χ1n) is 8.81. The summed E-state index contributed by atoms with van der Waals surface area (Å²) < 4.78 is 5.48. The minimum Gasteiger partial charge on any atom is -0.378 e. The first kappa shape index (κ1) is 15.7. The van der Waals surface area contributed by atoms with Gasteiger partial charge in [-0.1, -0.05) is 0 Å². The molecule has 1 aliphatic heterocycles. The van der Waals surface area contributed by atoms with E-state index in [9.17, 15) is 0 Å². The molecule has 1 aromatic carbocycles. The van der Waals surface area contributed by atoms with Crippen LogP contribution in [0.5, 0.6) is 0 Å². The molecule has 2 fully saturated rings. The van der Waals surface area contributed by atoms with Crippen molar-refractivity contribution in [1.29, 1.82) is 0 Å². The molecule has 1 saturated heterocycles. The van der Waals surface area contributed by atoms with Crippen LogP contribution in [0.25, 0.3) is 11.0 Å². The molecule has 6 nitrogen and oxygen atoms in total. The lowest BCUT2D eigenvalue weighted by atomic mass is 9.77. The molecule has 2 aromatic rings. The number of hydrogen-bond acceptors (Lipinski definition) is 6. The molecule has 24 heavy (non-hydrogen) atoms. The summed E-state index contributed by atoms with van der Waals surface area (Å²) in [4.78, 5) is 11.5. The summed E-state index contributed by atoms with van der Waals surface area (Å²) in [5, 5.41) is 0. The number of fused-ring (bicyclic) bond motifs is 1. The van der Waals surface area contributed by atoms with Gasteiger partial charge in [0.25, 0.3) is 0 Å². The van der Waals surface area contributed by atoms with E-state index in [0.717, 1.165) is 56.6 Å². The maximum Gasteiger partial charge on any atom is 0.0923 e. The number of benzene rings is 1. The van der Waals surface area contributed by atoms with Gasteiger partial charge in [0, 0.05) is 49.2 Å². The molecule has 0 spiro atoms. The summed E-state index contributed by atoms with van der Waals surface area (Å²) in [6.07, 6.45) is 6.40. The van der Waals surface area contributed by atoms with Crippen molar-refractivity contribution in [2.45, 2.75) is 37.3 Å². The van der Waals surface area contributed by atoms with E-state index in [1.54, 1.807) is 12.4 Å². The van der Waals surface area contributed by atoms with Crippen molar-refractivity contribution < 1.29 is 4.74 Å². The molecule has 3 unspecified atom stereocenters. The normalized spacial score (nSPS) is 28.2. The first-order chi connectivity index (χ1) is 11.7. The van der Waals surface area contributed by atoms with Gasteiger partial charge in [-0.3, -0.25) is 9.97 Å². The summed E-state index contributed by atoms with van der Waals surface area (Å²) >= 11 is 0. The molecule has 0 bridgehead atoms. The van der Waals surface area contributed by atoms with Crippen LogP contribution in [0.1, 0.15) is 30.7 Å². The van der Waals surface area contributed by atoms with Gasteiger partial charge < -0.3 is 21.1 Å². The van der Waals surface area contributed by atoms with E-state index < -0.39 is 0 Å². The van der Waals surface area contributed by atoms with Crippen LogP contribution in [0.4, 0.5) is 5.69 Å². The van der Waals surface area contributed by atoms with Crippen LogP contribution < -0.4 is 16.4 Å². The fourth-order valence-electron chi connectivity index (χ4n) is 3.96. The van der Waals surface area contributed by atoms with Gasteiger partial charge in [0.15, 0.2) is 0 Å². The number of rotatable bonds is 2. The molecule has 128 valence electrons. The Morgan fingerprint density at radius 3 is 2.67 bits per heavy atom. The zero-order valence-corrected chi connectivity index (χ0v) is 13.9. The number of nitrogens with zero attached hydrogens (tertiary/aromatic N) is 3. The van der Waals surface area contributed by atoms with Gasteiger partial charge in [0.1, 0.15) is 0 Å². The number of ether oxygens (including phenoxy) is 1. The van der Waals surface area contributed by atoms with Crippen LogP contribution in [0.15, 0.2) is 24.5 Å². The van der Waals surface area contributed by atoms with Crippen molar-refractivity contribution >= 4 is 16.7 Å². The molecule has 3 atom stereocenters. The Kier molecular flexibility index (Phi) is 4.35. The lowest BCUT2D eigenvalue weighted by Gasteiger charge is -2.34. The van der Waals surface area contributed by atoms with Crippen molar-refractivity contribution in [3.05, 3.63) is 30.1 Å². The van der Waals surface area contributed by atoms with Crippen molar-refractivity contribution in [1.82, 2.24) is 9.97 Å². The number of hydrogen-bond donors (Lipinski definition) is 2. The van der Waals surface area contributed by atoms with Crippen LogP contribution in [0.2, 0.25) is 0 Å². The Balaban J connectivity index is 1.79. The maximum atomic E-state index is 6.46. The largest absolute Gasteiger partial charge is 0.378 e. The highest BCUT2D eigenvalue weighted by atomic mass is 16.5. The average molecular weight is 327 g/mol. The second-order valence-corrected chi connectivity index (χ2v) is 6.90. The average Bonchev–Trinajstić information content (AvgIpc) is 2.63. The highest BCUT2D eigenvalue weighted by Gasteiger charge is 2.30. The first-order valence-corrected chi connectivity index (χ1v) is 8.81. The molecule has 4 rings (SSSR count). The molecule has 2 aliphatic rings. The fraction of sp³-hybridized carbons (Fsp3) is 0.556. The minimum absolute atomic E-state index is 0.134. The third kappa shape index (κ3) is 2.97. The lowest BCUT2D eigenvalue weighted by molar-refractivity contribution is 0.122. The summed E-state index contributed by atoms with van der Waals surface area (Å²) in [5.74, 6) is 0.244. The van der Waals surface area contributed by atoms with Gasteiger partial charge >= 0.3 is 0 Å². The topological polar surface area (TPSA) is 90.3 Å². The van der Waals surface area contributed by atoms with Crippen LogP contribution in [0.3, 0.4) is 0 Å². The van der Waals surface area contributed by atoms with E-state index in [1.807, 2.05) is 0 Å². The second kappa shape index (κ2) is 6.63. The summed E-state index contributed by atoms with van der Waals surface area (Å²) in [6, 6.07) is 4.74. The quantitative estimate of drug-likeness (QED) is 0.866. The maximum absolute atomic E-state index is 6.46. The number of morpholine rings is 1.